The van der Waals surface area contributed by atoms with Crippen molar-refractivity contribution in [2.45, 2.75) is 32.1 Å². The predicted molar refractivity (Wildman–Crippen MR) is 81.2 cm³/mol. The second-order valence-corrected chi connectivity index (χ2v) is 6.26. The van der Waals surface area contributed by atoms with Gasteiger partial charge in [-0.1, -0.05) is 31.0 Å². The van der Waals surface area contributed by atoms with E-state index in [9.17, 15) is 14.7 Å². The van der Waals surface area contributed by atoms with Crippen LogP contribution in [0.2, 0.25) is 0 Å². The van der Waals surface area contributed by atoms with Crippen LogP contribution in [-0.4, -0.2) is 16.9 Å². The molecule has 2 atom stereocenters. The van der Waals surface area contributed by atoms with Crippen molar-refractivity contribution in [2.75, 3.05) is 0 Å². The van der Waals surface area contributed by atoms with Gasteiger partial charge in [-0.15, -0.1) is 0 Å². The van der Waals surface area contributed by atoms with Gasteiger partial charge in [0.25, 0.3) is 0 Å². The summed E-state index contributed by atoms with van der Waals surface area (Å²) in [5.41, 5.74) is 0.720. The number of carbonyl (C=O) groups excluding carboxylic acids is 1. The van der Waals surface area contributed by atoms with Gasteiger partial charge in [0.1, 0.15) is 0 Å². The Balaban J connectivity index is 2.09. The third-order valence-corrected chi connectivity index (χ3v) is 4.79. The van der Waals surface area contributed by atoms with Crippen molar-refractivity contribution in [1.82, 2.24) is 0 Å². The van der Waals surface area contributed by atoms with Gasteiger partial charge in [-0.3, -0.25) is 9.59 Å². The molecule has 1 N–H and O–H groups in total. The molecule has 3 nitrogen and oxygen atoms in total. The number of carboxylic acid groups (broad SMARTS) is 1. The highest BCUT2D eigenvalue weighted by Crippen LogP contribution is 2.33. The van der Waals surface area contributed by atoms with Crippen molar-refractivity contribution in [1.29, 1.82) is 0 Å². The van der Waals surface area contributed by atoms with E-state index in [2.05, 4.69) is 22.6 Å². The normalized spacial score (nSPS) is 23.0. The monoisotopic (exact) mass is 372 g/mol. The smallest absolute Gasteiger partial charge is 0.306 e. The van der Waals surface area contributed by atoms with Crippen molar-refractivity contribution >= 4 is 34.3 Å². The van der Waals surface area contributed by atoms with Gasteiger partial charge in [-0.2, -0.15) is 0 Å². The van der Waals surface area contributed by atoms with Crippen LogP contribution in [0, 0.1) is 15.4 Å². The van der Waals surface area contributed by atoms with Gasteiger partial charge in [0.15, 0.2) is 5.78 Å². The lowest BCUT2D eigenvalue weighted by molar-refractivity contribution is -0.144. The standard InChI is InChI=1S/C15H17IO3/c16-13-8-4-3-7-12(13)14(17)9-10-5-1-2-6-11(10)15(18)19/h3-4,7-8,10-11H,1-2,5-6,9H2,(H,18,19)/t10-,11-/m0/s1. The van der Waals surface area contributed by atoms with E-state index < -0.39 is 5.97 Å². The maximum atomic E-state index is 12.3. The number of carbonyl (C=O) groups is 2. The second-order valence-electron chi connectivity index (χ2n) is 5.10. The van der Waals surface area contributed by atoms with E-state index in [0.29, 0.717) is 12.8 Å². The molecule has 1 aliphatic rings. The number of ketones is 1. The first kappa shape index (κ1) is 14.5. The Hall–Kier alpha value is -0.910. The first-order valence-corrected chi connectivity index (χ1v) is 7.68. The molecule has 102 valence electrons. The number of benzene rings is 1. The fourth-order valence-corrected chi connectivity index (χ4v) is 3.50. The summed E-state index contributed by atoms with van der Waals surface area (Å²) in [6.45, 7) is 0. The zero-order chi connectivity index (χ0) is 13.8. The number of hydrogen-bond donors (Lipinski definition) is 1. The van der Waals surface area contributed by atoms with Crippen molar-refractivity contribution < 1.29 is 14.7 Å². The van der Waals surface area contributed by atoms with Gasteiger partial charge in [-0.05, 0) is 47.4 Å². The molecule has 1 aromatic rings. The van der Waals surface area contributed by atoms with Crippen LogP contribution in [0.4, 0.5) is 0 Å². The van der Waals surface area contributed by atoms with E-state index in [1.807, 2.05) is 24.3 Å². The second kappa shape index (κ2) is 6.50. The topological polar surface area (TPSA) is 54.4 Å². The Labute approximate surface area is 126 Å². The van der Waals surface area contributed by atoms with E-state index in [0.717, 1.165) is 28.4 Å². The lowest BCUT2D eigenvalue weighted by Gasteiger charge is -2.28. The first-order valence-electron chi connectivity index (χ1n) is 6.60. The first-order chi connectivity index (χ1) is 9.09. The molecular formula is C15H17IO3. The number of Topliss-reactive ketones (excluding diaryl/α,β-unsaturated/α-hetero) is 1. The van der Waals surface area contributed by atoms with Gasteiger partial charge < -0.3 is 5.11 Å². The van der Waals surface area contributed by atoms with Gasteiger partial charge >= 0.3 is 5.97 Å². The predicted octanol–water partition coefficient (Wildman–Crippen LogP) is 3.76. The van der Waals surface area contributed by atoms with Crippen LogP contribution < -0.4 is 0 Å². The molecular weight excluding hydrogens is 355 g/mol. The fourth-order valence-electron chi connectivity index (χ4n) is 2.81. The maximum Gasteiger partial charge on any atom is 0.306 e. The average molecular weight is 372 g/mol. The van der Waals surface area contributed by atoms with Crippen molar-refractivity contribution in [2.24, 2.45) is 11.8 Å². The Bertz CT molecular complexity index is 484. The van der Waals surface area contributed by atoms with Crippen LogP contribution in [0.15, 0.2) is 24.3 Å². The highest BCUT2D eigenvalue weighted by molar-refractivity contribution is 14.1. The lowest BCUT2D eigenvalue weighted by Crippen LogP contribution is -2.28. The van der Waals surface area contributed by atoms with Crippen LogP contribution >= 0.6 is 22.6 Å². The summed E-state index contributed by atoms with van der Waals surface area (Å²) in [6, 6.07) is 7.48. The molecule has 1 fully saturated rings. The highest BCUT2D eigenvalue weighted by Gasteiger charge is 2.32. The SMILES string of the molecule is O=C(C[C@@H]1CCCC[C@@H]1C(=O)O)c1ccccc1I. The van der Waals surface area contributed by atoms with E-state index >= 15 is 0 Å². The van der Waals surface area contributed by atoms with E-state index in [1.165, 1.54) is 0 Å². The number of hydrogen-bond acceptors (Lipinski definition) is 2. The summed E-state index contributed by atoms with van der Waals surface area (Å²) >= 11 is 2.15. The van der Waals surface area contributed by atoms with E-state index in [1.54, 1.807) is 0 Å². The molecule has 2 rings (SSSR count). The molecule has 0 heterocycles. The minimum absolute atomic E-state index is 0.00486. The van der Waals surface area contributed by atoms with E-state index in [-0.39, 0.29) is 17.6 Å². The average Bonchev–Trinajstić information content (AvgIpc) is 2.39. The van der Waals surface area contributed by atoms with Gasteiger partial charge in [0, 0.05) is 15.6 Å². The molecule has 0 aliphatic heterocycles. The molecule has 1 aliphatic carbocycles. The fraction of sp³-hybridized carbons (Fsp3) is 0.467. The van der Waals surface area contributed by atoms with Gasteiger partial charge in [0.05, 0.1) is 5.92 Å². The summed E-state index contributed by atoms with van der Waals surface area (Å²) < 4.78 is 0.938. The molecule has 0 unspecified atom stereocenters. The summed E-state index contributed by atoms with van der Waals surface area (Å²) in [4.78, 5) is 23.5. The summed E-state index contributed by atoms with van der Waals surface area (Å²) in [5.74, 6) is -1.03. The van der Waals surface area contributed by atoms with Crippen LogP contribution in [0.1, 0.15) is 42.5 Å². The minimum atomic E-state index is -0.750. The molecule has 4 heteroatoms. The number of carboxylic acids is 1. The van der Waals surface area contributed by atoms with Crippen LogP contribution in [-0.2, 0) is 4.79 Å². The Morgan fingerprint density at radius 2 is 1.89 bits per heavy atom. The molecule has 0 saturated heterocycles. The molecule has 1 saturated carbocycles. The molecule has 19 heavy (non-hydrogen) atoms. The van der Waals surface area contributed by atoms with Crippen LogP contribution in [0.25, 0.3) is 0 Å². The Morgan fingerprint density at radius 3 is 2.58 bits per heavy atom. The Morgan fingerprint density at radius 1 is 1.21 bits per heavy atom. The van der Waals surface area contributed by atoms with Gasteiger partial charge in [-0.25, -0.2) is 0 Å². The van der Waals surface area contributed by atoms with Crippen molar-refractivity contribution in [3.63, 3.8) is 0 Å². The van der Waals surface area contributed by atoms with Gasteiger partial charge in [0.2, 0.25) is 0 Å². The quantitative estimate of drug-likeness (QED) is 0.647. The number of rotatable bonds is 4. The molecule has 0 aromatic heterocycles. The van der Waals surface area contributed by atoms with Crippen molar-refractivity contribution in [3.8, 4) is 0 Å². The highest BCUT2D eigenvalue weighted by atomic mass is 127. The summed E-state index contributed by atoms with van der Waals surface area (Å²) in [6.07, 6.45) is 3.92. The maximum absolute atomic E-state index is 12.3. The molecule has 0 amide bonds. The largest absolute Gasteiger partial charge is 0.481 e. The minimum Gasteiger partial charge on any atom is -0.481 e. The lowest BCUT2D eigenvalue weighted by atomic mass is 9.76. The zero-order valence-electron chi connectivity index (χ0n) is 10.6. The van der Waals surface area contributed by atoms with Crippen LogP contribution in [0.5, 0.6) is 0 Å². The molecule has 1 aromatic carbocycles. The molecule has 0 bridgehead atoms. The zero-order valence-corrected chi connectivity index (χ0v) is 12.8. The Kier molecular flexibility index (Phi) is 4.96. The van der Waals surface area contributed by atoms with Crippen molar-refractivity contribution in [3.05, 3.63) is 33.4 Å². The number of halogens is 1. The van der Waals surface area contributed by atoms with E-state index in [4.69, 9.17) is 0 Å². The van der Waals surface area contributed by atoms with Crippen LogP contribution in [0.3, 0.4) is 0 Å². The number of aliphatic carboxylic acids is 1. The molecule has 0 spiro atoms. The summed E-state index contributed by atoms with van der Waals surface area (Å²) in [7, 11) is 0. The molecule has 0 radical (unpaired) electrons. The third-order valence-electron chi connectivity index (χ3n) is 3.85. The summed E-state index contributed by atoms with van der Waals surface area (Å²) in [5, 5.41) is 9.23. The third kappa shape index (κ3) is 3.55.